The number of fused-ring (bicyclic) bond motifs is 1. The van der Waals surface area contributed by atoms with Crippen molar-refractivity contribution in [2.45, 2.75) is 20.3 Å². The van der Waals surface area contributed by atoms with Gasteiger partial charge in [0.15, 0.2) is 5.43 Å². The van der Waals surface area contributed by atoms with Crippen molar-refractivity contribution in [3.63, 3.8) is 0 Å². The van der Waals surface area contributed by atoms with E-state index in [1.807, 2.05) is 6.92 Å². The molecule has 0 fully saturated rings. The maximum Gasteiger partial charge on any atom is 0.199 e. The van der Waals surface area contributed by atoms with Crippen molar-refractivity contribution in [3.05, 3.63) is 39.7 Å². The molecule has 0 atom stereocenters. The Kier molecular flexibility index (Phi) is 4.08. The summed E-state index contributed by atoms with van der Waals surface area (Å²) in [4.78, 5) is 11.9. The van der Waals surface area contributed by atoms with Crippen molar-refractivity contribution in [2.24, 2.45) is 0 Å². The Hall–Kier alpha value is -0.900. The van der Waals surface area contributed by atoms with Gasteiger partial charge in [-0.25, -0.2) is 0 Å². The third kappa shape index (κ3) is 1.98. The first-order chi connectivity index (χ1) is 7.15. The van der Waals surface area contributed by atoms with E-state index in [1.165, 1.54) is 6.07 Å². The number of hydrogen-bond donors (Lipinski definition) is 1. The Balaban J connectivity index is 0.00000128. The number of aromatic hydroxyl groups is 1. The maximum atomic E-state index is 11.9. The summed E-state index contributed by atoms with van der Waals surface area (Å²) in [6.07, 6.45) is 0.673. The zero-order valence-electron chi connectivity index (χ0n) is 9.28. The second kappa shape index (κ2) is 4.95. The van der Waals surface area contributed by atoms with Crippen LogP contribution in [0.3, 0.4) is 0 Å². The molecule has 0 aliphatic carbocycles. The molecule has 0 amide bonds. The molecule has 0 saturated heterocycles. The van der Waals surface area contributed by atoms with Crippen LogP contribution >= 0.6 is 0 Å². The van der Waals surface area contributed by atoms with Crippen LogP contribution in [0.25, 0.3) is 11.0 Å². The molecular weight excluding hydrogens is 237 g/mol. The minimum Gasteiger partial charge on any atom is -0.507 e. The predicted molar refractivity (Wildman–Crippen MR) is 58.3 cm³/mol. The van der Waals surface area contributed by atoms with Gasteiger partial charge in [-0.15, -0.1) is 0 Å². The molecule has 3 nitrogen and oxygen atoms in total. The van der Waals surface area contributed by atoms with Crippen LogP contribution in [0.4, 0.5) is 0 Å². The van der Waals surface area contributed by atoms with Crippen molar-refractivity contribution in [1.29, 1.82) is 0 Å². The van der Waals surface area contributed by atoms with Crippen molar-refractivity contribution in [1.82, 2.24) is 0 Å². The van der Waals surface area contributed by atoms with Gasteiger partial charge in [0.05, 0.1) is 0 Å². The summed E-state index contributed by atoms with van der Waals surface area (Å²) in [5.74, 6) is 0.658. The van der Waals surface area contributed by atoms with E-state index < -0.39 is 0 Å². The summed E-state index contributed by atoms with van der Waals surface area (Å²) < 4.78 is 5.54. The van der Waals surface area contributed by atoms with Gasteiger partial charge in [0.1, 0.15) is 22.5 Å². The van der Waals surface area contributed by atoms with E-state index in [2.05, 4.69) is 0 Å². The van der Waals surface area contributed by atoms with E-state index >= 15 is 0 Å². The van der Waals surface area contributed by atoms with Gasteiger partial charge in [-0.05, 0) is 19.1 Å². The Morgan fingerprint density at radius 1 is 1.38 bits per heavy atom. The van der Waals surface area contributed by atoms with Crippen LogP contribution in [-0.2, 0) is 32.3 Å². The third-order valence-corrected chi connectivity index (χ3v) is 2.54. The summed E-state index contributed by atoms with van der Waals surface area (Å²) >= 11 is 0. The SMILES string of the molecule is CCc1oc2cccc(O)c2c(=O)c1C.[Sc]. The van der Waals surface area contributed by atoms with Crippen LogP contribution in [0.1, 0.15) is 18.2 Å². The Labute approximate surface area is 112 Å². The fraction of sp³-hybridized carbons (Fsp3) is 0.250. The molecule has 81 valence electrons. The van der Waals surface area contributed by atoms with Crippen molar-refractivity contribution >= 4 is 11.0 Å². The van der Waals surface area contributed by atoms with Gasteiger partial charge in [0.25, 0.3) is 0 Å². The van der Waals surface area contributed by atoms with E-state index in [1.54, 1.807) is 19.1 Å². The zero-order valence-corrected chi connectivity index (χ0v) is 11.1. The van der Waals surface area contributed by atoms with E-state index in [0.717, 1.165) is 0 Å². The Bertz CT molecular complexity index is 572. The summed E-state index contributed by atoms with van der Waals surface area (Å²) in [7, 11) is 0. The second-order valence-corrected chi connectivity index (χ2v) is 3.48. The van der Waals surface area contributed by atoms with Crippen LogP contribution in [0.15, 0.2) is 27.4 Å². The molecule has 2 rings (SSSR count). The standard InChI is InChI=1S/C12H12O3.Sc/c1-3-9-7(2)12(14)11-8(13)5-4-6-10(11)15-9;/h4-6,13H,3H2,1-2H3;. The zero-order chi connectivity index (χ0) is 11.0. The maximum absolute atomic E-state index is 11.9. The molecule has 0 spiro atoms. The fourth-order valence-corrected chi connectivity index (χ4v) is 1.69. The molecule has 2 aromatic rings. The minimum atomic E-state index is -0.147. The molecule has 0 bridgehead atoms. The van der Waals surface area contributed by atoms with Gasteiger partial charge in [0, 0.05) is 37.8 Å². The first kappa shape index (κ1) is 13.2. The molecule has 0 aliphatic heterocycles. The molecular formula is C12H12O3Sc. The van der Waals surface area contributed by atoms with Crippen LogP contribution in [0.2, 0.25) is 0 Å². The molecule has 0 saturated carbocycles. The van der Waals surface area contributed by atoms with Gasteiger partial charge in [-0.1, -0.05) is 13.0 Å². The molecule has 1 aromatic carbocycles. The first-order valence-corrected chi connectivity index (χ1v) is 4.89. The quantitative estimate of drug-likeness (QED) is 0.844. The van der Waals surface area contributed by atoms with E-state index in [0.29, 0.717) is 23.3 Å². The van der Waals surface area contributed by atoms with Crippen molar-refractivity contribution in [2.75, 3.05) is 0 Å². The van der Waals surface area contributed by atoms with Gasteiger partial charge < -0.3 is 9.52 Å². The van der Waals surface area contributed by atoms with Crippen LogP contribution in [0.5, 0.6) is 5.75 Å². The van der Waals surface area contributed by atoms with E-state index in [4.69, 9.17) is 4.42 Å². The normalized spacial score (nSPS) is 10.1. The molecule has 1 N–H and O–H groups in total. The molecule has 0 unspecified atom stereocenters. The molecule has 4 heteroatoms. The number of phenolic OH excluding ortho intramolecular Hbond substituents is 1. The molecule has 0 aliphatic rings. The summed E-state index contributed by atoms with van der Waals surface area (Å²) in [6.45, 7) is 3.65. The monoisotopic (exact) mass is 249 g/mol. The van der Waals surface area contributed by atoms with Crippen LogP contribution in [-0.4, -0.2) is 5.11 Å². The summed E-state index contributed by atoms with van der Waals surface area (Å²) in [6, 6.07) is 4.84. The predicted octanol–water partition coefficient (Wildman–Crippen LogP) is 2.37. The molecule has 1 aromatic heterocycles. The van der Waals surface area contributed by atoms with Gasteiger partial charge in [-0.3, -0.25) is 4.79 Å². The molecule has 16 heavy (non-hydrogen) atoms. The summed E-state index contributed by atoms with van der Waals surface area (Å²) in [5.41, 5.74) is 0.875. The Morgan fingerprint density at radius 2 is 2.06 bits per heavy atom. The number of aryl methyl sites for hydroxylation is 1. The first-order valence-electron chi connectivity index (χ1n) is 4.89. The smallest absolute Gasteiger partial charge is 0.199 e. The van der Waals surface area contributed by atoms with Gasteiger partial charge >= 0.3 is 0 Å². The number of benzene rings is 1. The number of phenols is 1. The summed E-state index contributed by atoms with van der Waals surface area (Å²) in [5, 5.41) is 9.85. The molecule has 1 heterocycles. The Morgan fingerprint density at radius 3 is 2.69 bits per heavy atom. The topological polar surface area (TPSA) is 50.4 Å². The second-order valence-electron chi connectivity index (χ2n) is 3.48. The van der Waals surface area contributed by atoms with Crippen molar-refractivity contribution < 1.29 is 35.4 Å². The minimum absolute atomic E-state index is 0. The molecule has 1 radical (unpaired) electrons. The largest absolute Gasteiger partial charge is 0.507 e. The number of rotatable bonds is 1. The van der Waals surface area contributed by atoms with Gasteiger partial charge in [0.2, 0.25) is 0 Å². The average molecular weight is 249 g/mol. The average Bonchev–Trinajstić information content (AvgIpc) is 2.23. The van der Waals surface area contributed by atoms with E-state index in [-0.39, 0.29) is 42.4 Å². The van der Waals surface area contributed by atoms with Crippen LogP contribution < -0.4 is 5.43 Å². The van der Waals surface area contributed by atoms with E-state index in [9.17, 15) is 9.90 Å². The third-order valence-electron chi connectivity index (χ3n) is 2.54. The number of hydrogen-bond acceptors (Lipinski definition) is 3. The van der Waals surface area contributed by atoms with Gasteiger partial charge in [-0.2, -0.15) is 0 Å². The van der Waals surface area contributed by atoms with Crippen LogP contribution in [0, 0.1) is 6.92 Å². The fourth-order valence-electron chi connectivity index (χ4n) is 1.69. The van der Waals surface area contributed by atoms with Crippen molar-refractivity contribution in [3.8, 4) is 5.75 Å².